The van der Waals surface area contributed by atoms with Crippen LogP contribution in [0.25, 0.3) is 0 Å². The molecule has 2 heterocycles. The molecule has 1 aliphatic carbocycles. The first kappa shape index (κ1) is 17.4. The number of benzene rings is 1. The summed E-state index contributed by atoms with van der Waals surface area (Å²) in [6.45, 7) is 2.38. The molecule has 3 aliphatic rings. The van der Waals surface area contributed by atoms with E-state index >= 15 is 0 Å². The number of amides is 2. The average Bonchev–Trinajstić information content (AvgIpc) is 2.86. The second-order valence-electron chi connectivity index (χ2n) is 7.18. The van der Waals surface area contributed by atoms with Crippen LogP contribution in [0.4, 0.5) is 0 Å². The Morgan fingerprint density at radius 1 is 0.962 bits per heavy atom. The number of imide groups is 1. The lowest BCUT2D eigenvalue weighted by Gasteiger charge is -2.42. The highest BCUT2D eigenvalue weighted by atomic mass is 32.2. The molecule has 138 valence electrons. The number of carbonyl (C=O) groups is 2. The lowest BCUT2D eigenvalue weighted by atomic mass is 9.85. The SMILES string of the molecule is CCc1ccc(S(=O)(=O)N2CC(N3C(=O)C4CC=CCC4C3=O)C2)cc1. The Kier molecular flexibility index (Phi) is 4.23. The number of likely N-dealkylation sites (tertiary alicyclic amines) is 1. The van der Waals surface area contributed by atoms with Crippen molar-refractivity contribution in [1.29, 1.82) is 0 Å². The van der Waals surface area contributed by atoms with Gasteiger partial charge in [0.25, 0.3) is 0 Å². The molecule has 7 heteroatoms. The van der Waals surface area contributed by atoms with Crippen LogP contribution in [0, 0.1) is 11.8 Å². The van der Waals surface area contributed by atoms with Crippen LogP contribution in [0.2, 0.25) is 0 Å². The van der Waals surface area contributed by atoms with Crippen LogP contribution in [-0.4, -0.2) is 48.6 Å². The summed E-state index contributed by atoms with van der Waals surface area (Å²) in [7, 11) is -3.58. The van der Waals surface area contributed by atoms with Gasteiger partial charge in [0.15, 0.2) is 0 Å². The van der Waals surface area contributed by atoms with Gasteiger partial charge in [-0.2, -0.15) is 4.31 Å². The molecule has 2 amide bonds. The maximum atomic E-state index is 12.7. The second-order valence-corrected chi connectivity index (χ2v) is 9.11. The van der Waals surface area contributed by atoms with Crippen molar-refractivity contribution in [2.45, 2.75) is 37.1 Å². The van der Waals surface area contributed by atoms with E-state index in [1.165, 1.54) is 9.21 Å². The van der Waals surface area contributed by atoms with Crippen LogP contribution in [-0.2, 0) is 26.0 Å². The van der Waals surface area contributed by atoms with Gasteiger partial charge in [-0.1, -0.05) is 31.2 Å². The van der Waals surface area contributed by atoms with E-state index in [9.17, 15) is 18.0 Å². The summed E-state index contributed by atoms with van der Waals surface area (Å²) in [6.07, 6.45) is 5.96. The number of nitrogens with zero attached hydrogens (tertiary/aromatic N) is 2. The Hall–Kier alpha value is -1.99. The zero-order valence-electron chi connectivity index (χ0n) is 14.7. The molecule has 1 aromatic carbocycles. The largest absolute Gasteiger partial charge is 0.276 e. The first-order chi connectivity index (χ1) is 12.4. The van der Waals surface area contributed by atoms with Gasteiger partial charge in [-0.25, -0.2) is 8.42 Å². The maximum Gasteiger partial charge on any atom is 0.243 e. The van der Waals surface area contributed by atoms with Crippen molar-refractivity contribution in [3.05, 3.63) is 42.0 Å². The highest BCUT2D eigenvalue weighted by molar-refractivity contribution is 7.89. The number of carbonyl (C=O) groups excluding carboxylic acids is 2. The van der Waals surface area contributed by atoms with Gasteiger partial charge in [-0.15, -0.1) is 0 Å². The molecule has 0 saturated carbocycles. The van der Waals surface area contributed by atoms with Crippen molar-refractivity contribution in [3.63, 3.8) is 0 Å². The summed E-state index contributed by atoms with van der Waals surface area (Å²) in [4.78, 5) is 26.8. The maximum absolute atomic E-state index is 12.7. The minimum atomic E-state index is -3.58. The molecule has 6 nitrogen and oxygen atoms in total. The minimum absolute atomic E-state index is 0.140. The number of rotatable bonds is 4. The summed E-state index contributed by atoms with van der Waals surface area (Å²) >= 11 is 0. The third-order valence-corrected chi connectivity index (χ3v) is 7.55. The molecular formula is C19H22N2O4S. The van der Waals surface area contributed by atoms with E-state index in [2.05, 4.69) is 0 Å². The van der Waals surface area contributed by atoms with Crippen molar-refractivity contribution in [3.8, 4) is 0 Å². The third-order valence-electron chi connectivity index (χ3n) is 5.70. The monoisotopic (exact) mass is 374 g/mol. The highest BCUT2D eigenvalue weighted by Gasteiger charge is 2.53. The van der Waals surface area contributed by atoms with Crippen LogP contribution < -0.4 is 0 Å². The smallest absolute Gasteiger partial charge is 0.243 e. The Morgan fingerprint density at radius 2 is 1.50 bits per heavy atom. The zero-order chi connectivity index (χ0) is 18.5. The molecule has 2 saturated heterocycles. The fraction of sp³-hybridized carbons (Fsp3) is 0.474. The van der Waals surface area contributed by atoms with Crippen LogP contribution >= 0.6 is 0 Å². The number of sulfonamides is 1. The van der Waals surface area contributed by atoms with E-state index in [0.717, 1.165) is 12.0 Å². The van der Waals surface area contributed by atoms with Gasteiger partial charge in [0.05, 0.1) is 22.8 Å². The van der Waals surface area contributed by atoms with E-state index in [4.69, 9.17) is 0 Å². The zero-order valence-corrected chi connectivity index (χ0v) is 15.5. The van der Waals surface area contributed by atoms with Crippen molar-refractivity contribution in [2.24, 2.45) is 11.8 Å². The van der Waals surface area contributed by atoms with Gasteiger partial charge in [0.1, 0.15) is 0 Å². The van der Waals surface area contributed by atoms with Crippen LogP contribution in [0.1, 0.15) is 25.3 Å². The lowest BCUT2D eigenvalue weighted by Crippen LogP contribution is -2.62. The fourth-order valence-electron chi connectivity index (χ4n) is 4.01. The third kappa shape index (κ3) is 2.61. The van der Waals surface area contributed by atoms with Crippen molar-refractivity contribution in [1.82, 2.24) is 9.21 Å². The van der Waals surface area contributed by atoms with E-state index in [1.54, 1.807) is 12.1 Å². The molecule has 0 N–H and O–H groups in total. The molecule has 2 fully saturated rings. The van der Waals surface area contributed by atoms with Crippen molar-refractivity contribution < 1.29 is 18.0 Å². The van der Waals surface area contributed by atoms with Crippen LogP contribution in [0.5, 0.6) is 0 Å². The molecule has 0 bridgehead atoms. The summed E-state index contributed by atoms with van der Waals surface area (Å²) in [5, 5.41) is 0. The normalized spacial score (nSPS) is 26.9. The van der Waals surface area contributed by atoms with E-state index < -0.39 is 10.0 Å². The predicted molar refractivity (Wildman–Crippen MR) is 95.6 cm³/mol. The number of fused-ring (bicyclic) bond motifs is 1. The Bertz CT molecular complexity index is 843. The first-order valence-electron chi connectivity index (χ1n) is 9.04. The summed E-state index contributed by atoms with van der Waals surface area (Å²) in [6, 6.07) is 6.53. The Balaban J connectivity index is 1.46. The molecule has 26 heavy (non-hydrogen) atoms. The molecule has 0 aromatic heterocycles. The van der Waals surface area contributed by atoms with E-state index in [-0.39, 0.29) is 47.7 Å². The van der Waals surface area contributed by atoms with Gasteiger partial charge >= 0.3 is 0 Å². The fourth-order valence-corrected chi connectivity index (χ4v) is 5.52. The quantitative estimate of drug-likeness (QED) is 0.592. The molecule has 2 aliphatic heterocycles. The van der Waals surface area contributed by atoms with Gasteiger partial charge < -0.3 is 0 Å². The number of aryl methyl sites for hydroxylation is 1. The van der Waals surface area contributed by atoms with Gasteiger partial charge in [0.2, 0.25) is 21.8 Å². The van der Waals surface area contributed by atoms with Crippen molar-refractivity contribution in [2.75, 3.05) is 13.1 Å². The standard InChI is InChI=1S/C19H22N2O4S/c1-2-13-7-9-15(10-8-13)26(24,25)20-11-14(12-20)21-18(22)16-5-3-4-6-17(16)19(21)23/h3-4,7-10,14,16-17H,2,5-6,11-12H2,1H3. The van der Waals surface area contributed by atoms with E-state index in [0.29, 0.717) is 12.8 Å². The van der Waals surface area contributed by atoms with Gasteiger partial charge in [-0.3, -0.25) is 14.5 Å². The topological polar surface area (TPSA) is 74.8 Å². The Morgan fingerprint density at radius 3 is 2.00 bits per heavy atom. The number of allylic oxidation sites excluding steroid dienone is 2. The lowest BCUT2D eigenvalue weighted by molar-refractivity contribution is -0.145. The molecule has 0 spiro atoms. The predicted octanol–water partition coefficient (Wildman–Crippen LogP) is 1.57. The summed E-state index contributed by atoms with van der Waals surface area (Å²) in [5.41, 5.74) is 1.08. The van der Waals surface area contributed by atoms with E-state index in [1.807, 2.05) is 31.2 Å². The first-order valence-corrected chi connectivity index (χ1v) is 10.5. The van der Waals surface area contributed by atoms with Crippen molar-refractivity contribution >= 4 is 21.8 Å². The molecular weight excluding hydrogens is 352 g/mol. The van der Waals surface area contributed by atoms with Gasteiger partial charge in [0, 0.05) is 13.1 Å². The van der Waals surface area contributed by atoms with Crippen LogP contribution in [0.3, 0.4) is 0 Å². The van der Waals surface area contributed by atoms with Gasteiger partial charge in [-0.05, 0) is 37.0 Å². The molecule has 2 atom stereocenters. The summed E-state index contributed by atoms with van der Waals surface area (Å²) in [5.74, 6) is -0.808. The number of hydrogen-bond donors (Lipinski definition) is 0. The molecule has 4 rings (SSSR count). The molecule has 0 radical (unpaired) electrons. The number of hydrogen-bond acceptors (Lipinski definition) is 4. The Labute approximate surface area is 153 Å². The minimum Gasteiger partial charge on any atom is -0.276 e. The average molecular weight is 374 g/mol. The highest BCUT2D eigenvalue weighted by Crippen LogP contribution is 2.38. The molecule has 1 aromatic rings. The summed E-state index contributed by atoms with van der Waals surface area (Å²) < 4.78 is 26.8. The van der Waals surface area contributed by atoms with Crippen LogP contribution in [0.15, 0.2) is 41.3 Å². The second kappa shape index (κ2) is 6.32. The molecule has 2 unspecified atom stereocenters.